The molecule has 1 aliphatic heterocycles. The molecule has 0 aromatic heterocycles. The molecule has 3 rings (SSSR count). The lowest BCUT2D eigenvalue weighted by Crippen LogP contribution is -2.26. The van der Waals surface area contributed by atoms with Crippen LogP contribution in [0.3, 0.4) is 0 Å². The second-order valence-electron chi connectivity index (χ2n) is 8.13. The third kappa shape index (κ3) is 4.08. The summed E-state index contributed by atoms with van der Waals surface area (Å²) in [4.78, 5) is 2.34. The Morgan fingerprint density at radius 1 is 1.14 bits per heavy atom. The average Bonchev–Trinajstić information content (AvgIpc) is 2.77. The Balaban J connectivity index is 2.07. The topological polar surface area (TPSA) is 60.7 Å². The fourth-order valence-corrected chi connectivity index (χ4v) is 5.21. The molecule has 2 aliphatic rings. The highest BCUT2D eigenvalue weighted by Crippen LogP contribution is 2.49. The van der Waals surface area contributed by atoms with Gasteiger partial charge in [-0.3, -0.25) is 0 Å². The number of allylic oxidation sites excluding steroid dienone is 5. The van der Waals surface area contributed by atoms with E-state index in [0.717, 1.165) is 34.5 Å². The SMILES string of the molecule is C=C(C)[C@@H]1C[C@H](O)C(C)=C[C@H]1c1c(O)cc(C2=C(C)CCC=C(C)S2)cc1O. The molecule has 3 N–H and O–H groups in total. The summed E-state index contributed by atoms with van der Waals surface area (Å²) >= 11 is 1.69. The quantitative estimate of drug-likeness (QED) is 0.527. The molecule has 0 saturated heterocycles. The van der Waals surface area contributed by atoms with Gasteiger partial charge in [0.15, 0.2) is 0 Å². The first-order valence-corrected chi connectivity index (χ1v) is 10.6. The summed E-state index contributed by atoms with van der Waals surface area (Å²) in [5, 5.41) is 32.0. The number of aliphatic hydroxyl groups excluding tert-OH is 1. The van der Waals surface area contributed by atoms with Crippen LogP contribution in [0.2, 0.25) is 0 Å². The number of hydrogen-bond donors (Lipinski definition) is 3. The van der Waals surface area contributed by atoms with Gasteiger partial charge in [0.25, 0.3) is 0 Å². The van der Waals surface area contributed by atoms with Crippen molar-refractivity contribution < 1.29 is 15.3 Å². The maximum absolute atomic E-state index is 10.9. The number of aliphatic hydroxyl groups is 1. The average molecular weight is 399 g/mol. The fourth-order valence-electron chi connectivity index (χ4n) is 4.17. The van der Waals surface area contributed by atoms with Crippen LogP contribution in [0.4, 0.5) is 0 Å². The summed E-state index contributed by atoms with van der Waals surface area (Å²) in [6.45, 7) is 12.1. The molecular weight excluding hydrogens is 368 g/mol. The van der Waals surface area contributed by atoms with Gasteiger partial charge in [-0.15, -0.1) is 0 Å². The molecule has 28 heavy (non-hydrogen) atoms. The van der Waals surface area contributed by atoms with Crippen molar-refractivity contribution in [3.63, 3.8) is 0 Å². The standard InChI is InChI=1S/C24H30O3S/c1-13(2)18-12-20(25)15(4)9-19(18)23-21(26)10-17(11-22(23)27)24-14(3)7-6-8-16(5)28-24/h8-11,18-20,25-27H,1,6-7,12H2,2-5H3/t18-,19+,20-/m0/s1. The molecule has 1 aromatic rings. The van der Waals surface area contributed by atoms with E-state index in [1.54, 1.807) is 23.9 Å². The van der Waals surface area contributed by atoms with Gasteiger partial charge in [-0.05, 0) is 81.0 Å². The molecule has 3 nitrogen and oxygen atoms in total. The monoisotopic (exact) mass is 398 g/mol. The molecule has 0 bridgehead atoms. The van der Waals surface area contributed by atoms with Crippen molar-refractivity contribution in [3.05, 3.63) is 63.6 Å². The molecule has 0 saturated carbocycles. The van der Waals surface area contributed by atoms with E-state index in [4.69, 9.17) is 0 Å². The van der Waals surface area contributed by atoms with E-state index in [0.29, 0.717) is 12.0 Å². The minimum absolute atomic E-state index is 0.0280. The van der Waals surface area contributed by atoms with Crippen LogP contribution in [-0.2, 0) is 0 Å². The highest BCUT2D eigenvalue weighted by atomic mass is 32.2. The number of rotatable bonds is 3. The minimum atomic E-state index is -0.508. The molecule has 0 amide bonds. The summed E-state index contributed by atoms with van der Waals surface area (Å²) < 4.78 is 0. The summed E-state index contributed by atoms with van der Waals surface area (Å²) in [6.07, 6.45) is 6.22. The van der Waals surface area contributed by atoms with Crippen LogP contribution in [0.1, 0.15) is 64.0 Å². The largest absolute Gasteiger partial charge is 0.507 e. The predicted molar refractivity (Wildman–Crippen MR) is 118 cm³/mol. The van der Waals surface area contributed by atoms with Crippen molar-refractivity contribution in [2.24, 2.45) is 5.92 Å². The summed E-state index contributed by atoms with van der Waals surface area (Å²) in [6, 6.07) is 3.53. The van der Waals surface area contributed by atoms with Crippen LogP contribution in [0.25, 0.3) is 4.91 Å². The van der Waals surface area contributed by atoms with Crippen molar-refractivity contribution in [1.29, 1.82) is 0 Å². The number of aromatic hydroxyl groups is 2. The number of benzene rings is 1. The van der Waals surface area contributed by atoms with Gasteiger partial charge in [-0.25, -0.2) is 0 Å². The highest BCUT2D eigenvalue weighted by molar-refractivity contribution is 8.11. The second-order valence-corrected chi connectivity index (χ2v) is 9.39. The van der Waals surface area contributed by atoms with E-state index in [2.05, 4.69) is 26.5 Å². The van der Waals surface area contributed by atoms with E-state index in [1.807, 2.05) is 19.9 Å². The number of phenols is 2. The molecule has 1 aliphatic carbocycles. The molecule has 0 radical (unpaired) electrons. The summed E-state index contributed by atoms with van der Waals surface area (Å²) in [7, 11) is 0. The zero-order chi connectivity index (χ0) is 20.6. The van der Waals surface area contributed by atoms with Crippen molar-refractivity contribution >= 4 is 16.7 Å². The number of hydrogen-bond acceptors (Lipinski definition) is 4. The van der Waals surface area contributed by atoms with E-state index < -0.39 is 6.10 Å². The van der Waals surface area contributed by atoms with Crippen LogP contribution in [-0.4, -0.2) is 21.4 Å². The number of thioether (sulfide) groups is 1. The van der Waals surface area contributed by atoms with Crippen LogP contribution in [0.5, 0.6) is 11.5 Å². The van der Waals surface area contributed by atoms with E-state index in [-0.39, 0.29) is 23.3 Å². The van der Waals surface area contributed by atoms with Crippen molar-refractivity contribution in [1.82, 2.24) is 0 Å². The van der Waals surface area contributed by atoms with Gasteiger partial charge in [0, 0.05) is 16.4 Å². The van der Waals surface area contributed by atoms with Crippen molar-refractivity contribution in [2.45, 2.75) is 59.0 Å². The van der Waals surface area contributed by atoms with Gasteiger partial charge in [-0.1, -0.05) is 41.6 Å². The molecule has 150 valence electrons. The van der Waals surface area contributed by atoms with Crippen LogP contribution < -0.4 is 0 Å². The molecule has 3 atom stereocenters. The van der Waals surface area contributed by atoms with E-state index in [1.165, 1.54) is 10.5 Å². The summed E-state index contributed by atoms with van der Waals surface area (Å²) in [5.74, 6) is -0.0369. The minimum Gasteiger partial charge on any atom is -0.507 e. The Labute approximate surface area is 172 Å². The first-order chi connectivity index (χ1) is 13.2. The van der Waals surface area contributed by atoms with E-state index >= 15 is 0 Å². The first kappa shape index (κ1) is 20.8. The lowest BCUT2D eigenvalue weighted by atomic mass is 9.72. The Hall–Kier alpha value is -1.91. The normalized spacial score (nSPS) is 25.8. The molecule has 0 fully saturated rings. The molecule has 0 spiro atoms. The zero-order valence-electron chi connectivity index (χ0n) is 17.1. The van der Waals surface area contributed by atoms with Gasteiger partial charge >= 0.3 is 0 Å². The maximum Gasteiger partial charge on any atom is 0.123 e. The molecule has 1 aromatic carbocycles. The van der Waals surface area contributed by atoms with Crippen LogP contribution >= 0.6 is 11.8 Å². The van der Waals surface area contributed by atoms with Gasteiger partial charge in [0.2, 0.25) is 0 Å². The maximum atomic E-state index is 10.9. The van der Waals surface area contributed by atoms with Gasteiger partial charge in [0.1, 0.15) is 11.5 Å². The van der Waals surface area contributed by atoms with Crippen LogP contribution in [0.15, 0.2) is 52.5 Å². The lowest BCUT2D eigenvalue weighted by molar-refractivity contribution is 0.168. The zero-order valence-corrected chi connectivity index (χ0v) is 17.9. The lowest BCUT2D eigenvalue weighted by Gasteiger charge is -2.34. The Kier molecular flexibility index (Phi) is 6.11. The Morgan fingerprint density at radius 2 is 1.79 bits per heavy atom. The summed E-state index contributed by atoms with van der Waals surface area (Å²) in [5.41, 5.74) is 4.44. The van der Waals surface area contributed by atoms with Crippen molar-refractivity contribution in [2.75, 3.05) is 0 Å². The predicted octanol–water partition coefficient (Wildman–Crippen LogP) is 6.25. The molecule has 4 heteroatoms. The smallest absolute Gasteiger partial charge is 0.123 e. The molecular formula is C24H30O3S. The Morgan fingerprint density at radius 3 is 2.39 bits per heavy atom. The molecule has 1 heterocycles. The fraction of sp³-hybridized carbons (Fsp3) is 0.417. The second kappa shape index (κ2) is 8.22. The first-order valence-electron chi connectivity index (χ1n) is 9.81. The van der Waals surface area contributed by atoms with Gasteiger partial charge < -0.3 is 15.3 Å². The van der Waals surface area contributed by atoms with Gasteiger partial charge in [0.05, 0.1) is 6.10 Å². The third-order valence-corrected chi connectivity index (χ3v) is 7.12. The van der Waals surface area contributed by atoms with Crippen LogP contribution in [0, 0.1) is 5.92 Å². The van der Waals surface area contributed by atoms with E-state index in [9.17, 15) is 15.3 Å². The molecule has 0 unspecified atom stereocenters. The van der Waals surface area contributed by atoms with Gasteiger partial charge in [-0.2, -0.15) is 0 Å². The highest BCUT2D eigenvalue weighted by Gasteiger charge is 2.33. The third-order valence-electron chi connectivity index (χ3n) is 5.85. The number of phenolic OH excluding ortho intramolecular Hbond substituents is 2. The van der Waals surface area contributed by atoms with Crippen molar-refractivity contribution in [3.8, 4) is 11.5 Å². The Bertz CT molecular complexity index is 868.